The molecule has 0 radical (unpaired) electrons. The molecule has 30 heavy (non-hydrogen) atoms. The van der Waals surface area contributed by atoms with Gasteiger partial charge in [-0.3, -0.25) is 4.79 Å². The van der Waals surface area contributed by atoms with Gasteiger partial charge in [0.05, 0.1) is 11.4 Å². The Labute approximate surface area is 182 Å². The Balaban J connectivity index is 1.80. The summed E-state index contributed by atoms with van der Waals surface area (Å²) in [7, 11) is 0. The maximum Gasteiger partial charge on any atom is 0.265 e. The number of thiol groups is 1. The summed E-state index contributed by atoms with van der Waals surface area (Å²) in [5.74, 6) is 0.638. The molecule has 1 amide bonds. The minimum Gasteiger partial charge on any atom is -0.463 e. The molecule has 0 fully saturated rings. The first-order chi connectivity index (χ1) is 14.6. The van der Waals surface area contributed by atoms with Crippen LogP contribution in [0.2, 0.25) is 0 Å². The largest absolute Gasteiger partial charge is 0.463 e. The fourth-order valence-corrected chi connectivity index (χ4v) is 2.86. The Bertz CT molecular complexity index is 954. The fraction of sp³-hybridized carbons (Fsp3) is 0.217. The zero-order chi connectivity index (χ0) is 21.3. The van der Waals surface area contributed by atoms with E-state index in [9.17, 15) is 4.79 Å². The molecule has 2 atom stereocenters. The number of carbonyl (C=O) groups is 1. The van der Waals surface area contributed by atoms with Crippen LogP contribution in [0.15, 0.2) is 72.8 Å². The number of hydrogen-bond donors (Lipinski definition) is 4. The van der Waals surface area contributed by atoms with Crippen molar-refractivity contribution in [3.63, 3.8) is 0 Å². The summed E-state index contributed by atoms with van der Waals surface area (Å²) in [5.41, 5.74) is 9.06. The summed E-state index contributed by atoms with van der Waals surface area (Å²) in [6.07, 6.45) is -0.747. The van der Waals surface area contributed by atoms with Crippen LogP contribution in [0, 0.1) is 0 Å². The van der Waals surface area contributed by atoms with Crippen molar-refractivity contribution in [1.29, 1.82) is 0 Å². The van der Waals surface area contributed by atoms with Gasteiger partial charge in [-0.05, 0) is 31.2 Å². The molecule has 0 saturated carbocycles. The molecule has 0 aliphatic heterocycles. The number of nitrogens with one attached hydrogen (secondary N) is 2. The Kier molecular flexibility index (Phi) is 7.70. The summed E-state index contributed by atoms with van der Waals surface area (Å²) in [4.78, 5) is 17.2. The van der Waals surface area contributed by atoms with E-state index < -0.39 is 6.10 Å². The number of para-hydroxylation sites is 1. The normalized spacial score (nSPS) is 12.6. The van der Waals surface area contributed by atoms with Crippen molar-refractivity contribution in [3.05, 3.63) is 72.8 Å². The molecule has 0 spiro atoms. The molecule has 3 rings (SSSR count). The summed E-state index contributed by atoms with van der Waals surface area (Å²) in [6, 6.07) is 22.7. The Morgan fingerprint density at radius 2 is 1.73 bits per heavy atom. The van der Waals surface area contributed by atoms with Crippen LogP contribution in [-0.2, 0) is 4.79 Å². The number of ether oxygens (including phenoxy) is 1. The molecule has 4 N–H and O–H groups in total. The van der Waals surface area contributed by atoms with E-state index in [-0.39, 0.29) is 11.9 Å². The average Bonchev–Trinajstić information content (AvgIpc) is 2.79. The molecule has 7 heteroatoms. The summed E-state index contributed by atoms with van der Waals surface area (Å²) in [6.45, 7) is 2.20. The van der Waals surface area contributed by atoms with Gasteiger partial charge in [-0.1, -0.05) is 48.5 Å². The fourth-order valence-electron chi connectivity index (χ4n) is 2.73. The summed E-state index contributed by atoms with van der Waals surface area (Å²) >= 11 is 4.22. The molecule has 1 heterocycles. The van der Waals surface area contributed by atoms with Crippen molar-refractivity contribution in [2.45, 2.75) is 19.1 Å². The molecule has 3 aromatic rings. The van der Waals surface area contributed by atoms with Crippen LogP contribution in [0.3, 0.4) is 0 Å². The van der Waals surface area contributed by atoms with Gasteiger partial charge < -0.3 is 21.1 Å². The maximum atomic E-state index is 12.6. The van der Waals surface area contributed by atoms with Crippen molar-refractivity contribution < 1.29 is 9.53 Å². The quantitative estimate of drug-likeness (QED) is 0.394. The standard InChI is InChI=1S/C23H26N4O2S/c1-16(22(28)26-19-10-6-3-7-11-19)29-23-21(25-14-18(24)15-30)13-12-20(27-23)17-8-4-2-5-9-17/h2-13,16,18,25,30H,14-15,24H2,1H3,(H,26,28)/t16-,18?/m1/s1. The van der Waals surface area contributed by atoms with Gasteiger partial charge in [-0.25, -0.2) is 4.98 Å². The second-order valence-electron chi connectivity index (χ2n) is 6.85. The average molecular weight is 423 g/mol. The van der Waals surface area contributed by atoms with E-state index in [0.717, 1.165) is 11.3 Å². The number of hydrogen-bond acceptors (Lipinski definition) is 6. The molecule has 0 saturated heterocycles. The number of nitrogens with zero attached hydrogens (tertiary/aromatic N) is 1. The minimum absolute atomic E-state index is 0.117. The highest BCUT2D eigenvalue weighted by Gasteiger charge is 2.19. The van der Waals surface area contributed by atoms with E-state index >= 15 is 0 Å². The molecule has 2 aromatic carbocycles. The lowest BCUT2D eigenvalue weighted by atomic mass is 10.1. The number of anilines is 2. The monoisotopic (exact) mass is 422 g/mol. The van der Waals surface area contributed by atoms with E-state index in [1.165, 1.54) is 0 Å². The molecule has 1 unspecified atom stereocenters. The van der Waals surface area contributed by atoms with Crippen LogP contribution in [-0.4, -0.2) is 35.3 Å². The van der Waals surface area contributed by atoms with Crippen LogP contribution < -0.4 is 21.1 Å². The minimum atomic E-state index is -0.747. The number of amides is 1. The Hall–Kier alpha value is -3.03. The lowest BCUT2D eigenvalue weighted by molar-refractivity contribution is -0.122. The number of rotatable bonds is 9. The maximum absolute atomic E-state index is 12.6. The molecule has 6 nitrogen and oxygen atoms in total. The highest BCUT2D eigenvalue weighted by molar-refractivity contribution is 7.80. The first-order valence-corrected chi connectivity index (χ1v) is 10.4. The number of pyridine rings is 1. The van der Waals surface area contributed by atoms with Crippen LogP contribution in [0.5, 0.6) is 5.88 Å². The summed E-state index contributed by atoms with van der Waals surface area (Å²) < 4.78 is 5.96. The second-order valence-corrected chi connectivity index (χ2v) is 7.22. The van der Waals surface area contributed by atoms with Gasteiger partial charge >= 0.3 is 0 Å². The molecule has 0 bridgehead atoms. The predicted octanol–water partition coefficient (Wildman–Crippen LogP) is 3.82. The van der Waals surface area contributed by atoms with Gasteiger partial charge in [0, 0.05) is 29.6 Å². The van der Waals surface area contributed by atoms with E-state index in [1.54, 1.807) is 6.92 Å². The first kappa shape index (κ1) is 21.7. The SMILES string of the molecule is C[C@@H](Oc1nc(-c2ccccc2)ccc1NCC(N)CS)C(=O)Nc1ccccc1. The molecular weight excluding hydrogens is 396 g/mol. The molecule has 156 valence electrons. The third kappa shape index (κ3) is 5.98. The smallest absolute Gasteiger partial charge is 0.265 e. The molecule has 1 aromatic heterocycles. The van der Waals surface area contributed by atoms with Crippen LogP contribution in [0.1, 0.15) is 6.92 Å². The van der Waals surface area contributed by atoms with Crippen LogP contribution >= 0.6 is 12.6 Å². The number of carbonyl (C=O) groups excluding carboxylic acids is 1. The van der Waals surface area contributed by atoms with E-state index in [0.29, 0.717) is 29.6 Å². The van der Waals surface area contributed by atoms with Gasteiger partial charge in [0.1, 0.15) is 0 Å². The predicted molar refractivity (Wildman–Crippen MR) is 125 cm³/mol. The Morgan fingerprint density at radius 3 is 2.40 bits per heavy atom. The van der Waals surface area contributed by atoms with Gasteiger partial charge in [0.15, 0.2) is 6.10 Å². The van der Waals surface area contributed by atoms with E-state index in [1.807, 2.05) is 72.8 Å². The third-order valence-electron chi connectivity index (χ3n) is 4.42. The van der Waals surface area contributed by atoms with Crippen molar-refractivity contribution in [2.75, 3.05) is 22.9 Å². The highest BCUT2D eigenvalue weighted by atomic mass is 32.1. The van der Waals surface area contributed by atoms with Crippen molar-refractivity contribution in [3.8, 4) is 17.1 Å². The number of aromatic nitrogens is 1. The van der Waals surface area contributed by atoms with Crippen molar-refractivity contribution in [1.82, 2.24) is 4.98 Å². The van der Waals surface area contributed by atoms with E-state index in [2.05, 4.69) is 28.2 Å². The van der Waals surface area contributed by atoms with Gasteiger partial charge in [0.2, 0.25) is 5.88 Å². The number of benzene rings is 2. The van der Waals surface area contributed by atoms with Gasteiger partial charge in [-0.15, -0.1) is 0 Å². The van der Waals surface area contributed by atoms with Gasteiger partial charge in [-0.2, -0.15) is 12.6 Å². The lowest BCUT2D eigenvalue weighted by Crippen LogP contribution is -2.32. The molecule has 0 aliphatic rings. The topological polar surface area (TPSA) is 89.3 Å². The van der Waals surface area contributed by atoms with Crippen LogP contribution in [0.25, 0.3) is 11.3 Å². The van der Waals surface area contributed by atoms with Gasteiger partial charge in [0.25, 0.3) is 5.91 Å². The first-order valence-electron chi connectivity index (χ1n) is 9.76. The second kappa shape index (κ2) is 10.7. The summed E-state index contributed by atoms with van der Waals surface area (Å²) in [5, 5.41) is 6.09. The van der Waals surface area contributed by atoms with Crippen LogP contribution in [0.4, 0.5) is 11.4 Å². The Morgan fingerprint density at radius 1 is 1.07 bits per heavy atom. The molecular formula is C23H26N4O2S. The zero-order valence-corrected chi connectivity index (χ0v) is 17.7. The third-order valence-corrected chi connectivity index (χ3v) is 4.89. The van der Waals surface area contributed by atoms with E-state index in [4.69, 9.17) is 10.5 Å². The zero-order valence-electron chi connectivity index (χ0n) is 16.8. The lowest BCUT2D eigenvalue weighted by Gasteiger charge is -2.19. The number of nitrogens with two attached hydrogens (primary N) is 1. The highest BCUT2D eigenvalue weighted by Crippen LogP contribution is 2.28. The molecule has 0 aliphatic carbocycles. The van der Waals surface area contributed by atoms with Crippen molar-refractivity contribution in [2.24, 2.45) is 5.73 Å². The van der Waals surface area contributed by atoms with Crippen molar-refractivity contribution >= 4 is 29.9 Å².